The maximum absolute atomic E-state index is 14.1. The standard InChI is InChI=1S/C31H30F3N7O/c1-3-19-10-23(17-42)26(27(12-19)31(32,33)34)16-41(2)29-14-22(13-28(39-29)36-9-8-20-4-5-20)25-11-21(15-35)6-7-24(25)30-37-18-38-40-30/h6-7,10-14,17-18,20H,3-5,8-9,16H2,1-2H3,(H,36,39)(H,37,38,40). The van der Waals surface area contributed by atoms with Gasteiger partial charge in [-0.3, -0.25) is 9.89 Å². The quantitative estimate of drug-likeness (QED) is 0.193. The van der Waals surface area contributed by atoms with E-state index in [4.69, 9.17) is 4.98 Å². The molecule has 0 unspecified atom stereocenters. The SMILES string of the molecule is CCc1cc(C=O)c(CN(C)c2cc(-c3cc(C#N)ccc3-c3ncn[nH]3)cc(NCCC3CC3)n2)c(C(F)(F)F)c1. The van der Waals surface area contributed by atoms with Gasteiger partial charge in [0, 0.05) is 31.3 Å². The topological polar surface area (TPSA) is 111 Å². The summed E-state index contributed by atoms with van der Waals surface area (Å²) in [5.41, 5.74) is 2.02. The number of nitriles is 1. The van der Waals surface area contributed by atoms with Gasteiger partial charge in [0.15, 0.2) is 5.82 Å². The van der Waals surface area contributed by atoms with Crippen molar-refractivity contribution in [3.63, 3.8) is 0 Å². The van der Waals surface area contributed by atoms with Gasteiger partial charge in [0.1, 0.15) is 24.2 Å². The number of rotatable bonds is 11. The van der Waals surface area contributed by atoms with Crippen LogP contribution in [0.15, 0.2) is 48.8 Å². The van der Waals surface area contributed by atoms with Crippen LogP contribution in [0, 0.1) is 17.2 Å². The number of hydrogen-bond donors (Lipinski definition) is 2. The first kappa shape index (κ1) is 28.8. The number of halogens is 3. The summed E-state index contributed by atoms with van der Waals surface area (Å²) in [7, 11) is 1.64. The number of benzene rings is 2. The molecule has 1 aliphatic carbocycles. The Morgan fingerprint density at radius 1 is 1.17 bits per heavy atom. The Bertz CT molecular complexity index is 1620. The molecular weight excluding hydrogens is 543 g/mol. The fourth-order valence-electron chi connectivity index (χ4n) is 4.98. The average Bonchev–Trinajstić information content (AvgIpc) is 3.65. The predicted octanol–water partition coefficient (Wildman–Crippen LogP) is 6.65. The first-order chi connectivity index (χ1) is 20.2. The lowest BCUT2D eigenvalue weighted by molar-refractivity contribution is -0.138. The van der Waals surface area contributed by atoms with E-state index in [0.29, 0.717) is 70.4 Å². The largest absolute Gasteiger partial charge is 0.416 e. The second kappa shape index (κ2) is 12.0. The van der Waals surface area contributed by atoms with E-state index in [1.54, 1.807) is 43.1 Å². The van der Waals surface area contributed by atoms with Crippen LogP contribution < -0.4 is 10.2 Å². The van der Waals surface area contributed by atoms with Crippen LogP contribution in [0.2, 0.25) is 0 Å². The van der Waals surface area contributed by atoms with Crippen LogP contribution in [0.25, 0.3) is 22.5 Å². The molecule has 0 radical (unpaired) electrons. The van der Waals surface area contributed by atoms with Crippen LogP contribution in [0.4, 0.5) is 24.8 Å². The van der Waals surface area contributed by atoms with Crippen molar-refractivity contribution >= 4 is 17.9 Å². The number of carbonyl (C=O) groups is 1. The molecule has 1 fully saturated rings. The Morgan fingerprint density at radius 3 is 2.62 bits per heavy atom. The van der Waals surface area contributed by atoms with Crippen LogP contribution in [-0.2, 0) is 19.1 Å². The van der Waals surface area contributed by atoms with Gasteiger partial charge < -0.3 is 10.2 Å². The molecule has 11 heteroatoms. The van der Waals surface area contributed by atoms with Crippen LogP contribution in [-0.4, -0.2) is 40.0 Å². The molecule has 0 aliphatic heterocycles. The van der Waals surface area contributed by atoms with Gasteiger partial charge in [-0.15, -0.1) is 0 Å². The van der Waals surface area contributed by atoms with Crippen molar-refractivity contribution < 1.29 is 18.0 Å². The first-order valence-electron chi connectivity index (χ1n) is 13.8. The number of aryl methyl sites for hydroxylation is 1. The Kier molecular flexibility index (Phi) is 8.24. The van der Waals surface area contributed by atoms with Gasteiger partial charge in [-0.2, -0.15) is 23.5 Å². The predicted molar refractivity (Wildman–Crippen MR) is 154 cm³/mol. The number of aldehydes is 1. The fraction of sp³-hybridized carbons (Fsp3) is 0.323. The summed E-state index contributed by atoms with van der Waals surface area (Å²) in [5.74, 6) is 2.15. The van der Waals surface area contributed by atoms with Gasteiger partial charge in [0.05, 0.1) is 17.2 Å². The highest BCUT2D eigenvalue weighted by Crippen LogP contribution is 2.38. The van der Waals surface area contributed by atoms with E-state index < -0.39 is 11.7 Å². The highest BCUT2D eigenvalue weighted by molar-refractivity contribution is 5.84. The molecule has 2 aromatic heterocycles. The molecule has 2 heterocycles. The van der Waals surface area contributed by atoms with Crippen LogP contribution >= 0.6 is 0 Å². The highest BCUT2D eigenvalue weighted by Gasteiger charge is 2.35. The smallest absolute Gasteiger partial charge is 0.370 e. The zero-order valence-corrected chi connectivity index (χ0v) is 23.3. The van der Waals surface area contributed by atoms with Crippen molar-refractivity contribution in [2.45, 2.75) is 45.3 Å². The molecule has 1 aliphatic rings. The molecule has 0 saturated heterocycles. The molecule has 0 bridgehead atoms. The van der Waals surface area contributed by atoms with Gasteiger partial charge in [-0.05, 0) is 83.5 Å². The first-order valence-corrected chi connectivity index (χ1v) is 13.8. The number of anilines is 2. The lowest BCUT2D eigenvalue weighted by Gasteiger charge is -2.24. The minimum atomic E-state index is -4.63. The molecule has 0 amide bonds. The second-order valence-corrected chi connectivity index (χ2v) is 10.5. The van der Waals surface area contributed by atoms with Gasteiger partial charge >= 0.3 is 6.18 Å². The molecule has 216 valence electrons. The number of H-pyrrole nitrogens is 1. The minimum Gasteiger partial charge on any atom is -0.370 e. The molecule has 0 atom stereocenters. The van der Waals surface area contributed by atoms with Gasteiger partial charge in [0.2, 0.25) is 0 Å². The molecule has 8 nitrogen and oxygen atoms in total. The zero-order chi connectivity index (χ0) is 29.9. The number of aromatic amines is 1. The van der Waals surface area contributed by atoms with Crippen LogP contribution in [0.5, 0.6) is 0 Å². The number of alkyl halides is 3. The van der Waals surface area contributed by atoms with E-state index in [2.05, 4.69) is 26.6 Å². The summed E-state index contributed by atoms with van der Waals surface area (Å²) < 4.78 is 42.4. The summed E-state index contributed by atoms with van der Waals surface area (Å²) in [4.78, 5) is 22.5. The Balaban J connectivity index is 1.59. The number of aromatic nitrogens is 4. The van der Waals surface area contributed by atoms with Crippen molar-refractivity contribution in [1.82, 2.24) is 20.2 Å². The third-order valence-electron chi connectivity index (χ3n) is 7.47. The van der Waals surface area contributed by atoms with Crippen molar-refractivity contribution in [3.8, 4) is 28.6 Å². The Hall–Kier alpha value is -4.72. The Morgan fingerprint density at radius 2 is 1.98 bits per heavy atom. The average molecular weight is 574 g/mol. The summed E-state index contributed by atoms with van der Waals surface area (Å²) in [6.07, 6.45) is 1.02. The third kappa shape index (κ3) is 6.43. The van der Waals surface area contributed by atoms with Gasteiger partial charge in [-0.1, -0.05) is 19.8 Å². The maximum atomic E-state index is 14.1. The summed E-state index contributed by atoms with van der Waals surface area (Å²) >= 11 is 0. The van der Waals surface area contributed by atoms with Crippen molar-refractivity contribution in [3.05, 3.63) is 76.6 Å². The molecule has 0 spiro atoms. The molecule has 1 saturated carbocycles. The summed E-state index contributed by atoms with van der Waals surface area (Å²) in [6.45, 7) is 2.25. The summed E-state index contributed by atoms with van der Waals surface area (Å²) in [6, 6.07) is 13.6. The second-order valence-electron chi connectivity index (χ2n) is 10.5. The molecule has 2 N–H and O–H groups in total. The van der Waals surface area contributed by atoms with E-state index in [0.717, 1.165) is 12.5 Å². The van der Waals surface area contributed by atoms with Gasteiger partial charge in [-0.25, -0.2) is 9.97 Å². The van der Waals surface area contributed by atoms with Crippen LogP contribution in [0.3, 0.4) is 0 Å². The molecule has 5 rings (SSSR count). The van der Waals surface area contributed by atoms with E-state index in [1.807, 2.05) is 6.07 Å². The monoisotopic (exact) mass is 573 g/mol. The lowest BCUT2D eigenvalue weighted by atomic mass is 9.95. The molecular formula is C31H30F3N7O. The molecule has 4 aromatic rings. The zero-order valence-electron chi connectivity index (χ0n) is 23.3. The normalized spacial score (nSPS) is 13.0. The molecule has 42 heavy (non-hydrogen) atoms. The maximum Gasteiger partial charge on any atom is 0.416 e. The van der Waals surface area contributed by atoms with Crippen molar-refractivity contribution in [1.29, 1.82) is 5.26 Å². The number of nitrogens with one attached hydrogen (secondary N) is 2. The van der Waals surface area contributed by atoms with Crippen molar-refractivity contribution in [2.24, 2.45) is 5.92 Å². The number of pyridine rings is 1. The van der Waals surface area contributed by atoms with Gasteiger partial charge in [0.25, 0.3) is 0 Å². The number of hydrogen-bond acceptors (Lipinski definition) is 7. The van der Waals surface area contributed by atoms with Crippen molar-refractivity contribution in [2.75, 3.05) is 23.8 Å². The summed E-state index contributed by atoms with van der Waals surface area (Å²) in [5, 5.41) is 19.8. The minimum absolute atomic E-state index is 0.00166. The fourth-order valence-corrected chi connectivity index (χ4v) is 4.98. The number of nitrogens with zero attached hydrogens (tertiary/aromatic N) is 5. The molecule has 2 aromatic carbocycles. The van der Waals surface area contributed by atoms with E-state index in [-0.39, 0.29) is 17.7 Å². The van der Waals surface area contributed by atoms with E-state index in [1.165, 1.54) is 25.2 Å². The number of carbonyl (C=O) groups excluding carboxylic acids is 1. The van der Waals surface area contributed by atoms with E-state index >= 15 is 0 Å². The van der Waals surface area contributed by atoms with Crippen LogP contribution in [0.1, 0.15) is 58.8 Å². The van der Waals surface area contributed by atoms with E-state index in [9.17, 15) is 23.2 Å². The Labute approximate surface area is 241 Å². The third-order valence-corrected chi connectivity index (χ3v) is 7.47. The highest BCUT2D eigenvalue weighted by atomic mass is 19.4. The lowest BCUT2D eigenvalue weighted by Crippen LogP contribution is -2.23.